The third-order valence-corrected chi connectivity index (χ3v) is 3.87. The summed E-state index contributed by atoms with van der Waals surface area (Å²) in [5.41, 5.74) is 3.28. The predicted molar refractivity (Wildman–Crippen MR) is 64.2 cm³/mol. The second-order valence-electron chi connectivity index (χ2n) is 3.07. The van der Waals surface area contributed by atoms with Gasteiger partial charge in [-0.25, -0.2) is 0 Å². The lowest BCUT2D eigenvalue weighted by atomic mass is 10.1. The molecule has 0 amide bonds. The molecule has 1 aromatic carbocycles. The number of rotatable bonds is 1. The van der Waals surface area contributed by atoms with Gasteiger partial charge in [0.15, 0.2) is 0 Å². The van der Waals surface area contributed by atoms with E-state index in [4.69, 9.17) is 0 Å². The zero-order valence-electron chi connectivity index (χ0n) is 7.51. The summed E-state index contributed by atoms with van der Waals surface area (Å²) in [5.74, 6) is 0. The van der Waals surface area contributed by atoms with Gasteiger partial charge < -0.3 is 0 Å². The maximum atomic E-state index is 4.20. The highest BCUT2D eigenvalue weighted by Gasteiger charge is 2.09. The van der Waals surface area contributed by atoms with Crippen molar-refractivity contribution >= 4 is 31.9 Å². The Morgan fingerprint density at radius 1 is 1.14 bits per heavy atom. The second kappa shape index (κ2) is 3.87. The van der Waals surface area contributed by atoms with Gasteiger partial charge in [-0.15, -0.1) is 0 Å². The molecule has 0 bridgehead atoms. The summed E-state index contributed by atoms with van der Waals surface area (Å²) in [5, 5.41) is 7.07. The number of nitrogens with zero attached hydrogens (tertiary/aromatic N) is 1. The van der Waals surface area contributed by atoms with Crippen molar-refractivity contribution < 1.29 is 0 Å². The lowest BCUT2D eigenvalue weighted by Gasteiger charge is -1.97. The van der Waals surface area contributed by atoms with Gasteiger partial charge in [-0.2, -0.15) is 5.10 Å². The highest BCUT2D eigenvalue weighted by molar-refractivity contribution is 9.13. The number of nitrogens with one attached hydrogen (secondary N) is 1. The molecule has 2 aromatic rings. The first-order chi connectivity index (χ1) is 6.68. The maximum absolute atomic E-state index is 4.20. The van der Waals surface area contributed by atoms with Crippen LogP contribution in [0.5, 0.6) is 0 Å². The summed E-state index contributed by atoms with van der Waals surface area (Å²) in [6.07, 6.45) is 0. The van der Waals surface area contributed by atoms with Crippen LogP contribution in [0.1, 0.15) is 5.56 Å². The van der Waals surface area contributed by atoms with Gasteiger partial charge in [0.2, 0.25) is 0 Å². The third kappa shape index (κ3) is 1.77. The molecule has 0 aliphatic carbocycles. The Morgan fingerprint density at radius 2 is 1.79 bits per heavy atom. The molecule has 14 heavy (non-hydrogen) atoms. The Balaban J connectivity index is 2.49. The molecule has 0 aliphatic heterocycles. The summed E-state index contributed by atoms with van der Waals surface area (Å²) in [7, 11) is 0. The van der Waals surface area contributed by atoms with Crippen molar-refractivity contribution in [2.45, 2.75) is 6.92 Å². The molecule has 0 radical (unpaired) electrons. The van der Waals surface area contributed by atoms with Crippen molar-refractivity contribution in [3.8, 4) is 11.3 Å². The van der Waals surface area contributed by atoms with Crippen molar-refractivity contribution in [3.63, 3.8) is 0 Å². The zero-order chi connectivity index (χ0) is 10.1. The molecular weight excluding hydrogens is 308 g/mol. The van der Waals surface area contributed by atoms with E-state index in [9.17, 15) is 0 Å². The van der Waals surface area contributed by atoms with E-state index < -0.39 is 0 Å². The van der Waals surface area contributed by atoms with Gasteiger partial charge in [-0.05, 0) is 38.8 Å². The summed E-state index contributed by atoms with van der Waals surface area (Å²) in [6, 6.07) is 8.26. The fraction of sp³-hybridized carbons (Fsp3) is 0.100. The van der Waals surface area contributed by atoms with Crippen LogP contribution in [-0.2, 0) is 0 Å². The highest BCUT2D eigenvalue weighted by Crippen LogP contribution is 2.31. The Kier molecular flexibility index (Phi) is 2.74. The molecule has 0 saturated heterocycles. The molecule has 0 saturated carbocycles. The number of aryl methyl sites for hydroxylation is 1. The number of halogens is 2. The van der Waals surface area contributed by atoms with E-state index in [1.165, 1.54) is 5.56 Å². The van der Waals surface area contributed by atoms with Crippen molar-refractivity contribution in [3.05, 3.63) is 38.9 Å². The molecule has 4 heteroatoms. The minimum Gasteiger partial charge on any atom is -0.270 e. The second-order valence-corrected chi connectivity index (χ2v) is 4.65. The molecule has 72 valence electrons. The molecule has 0 atom stereocenters. The molecule has 2 rings (SSSR count). The average molecular weight is 316 g/mol. The Morgan fingerprint density at radius 3 is 2.29 bits per heavy atom. The minimum absolute atomic E-state index is 0.869. The van der Waals surface area contributed by atoms with Crippen LogP contribution in [0.3, 0.4) is 0 Å². The summed E-state index contributed by atoms with van der Waals surface area (Å²) >= 11 is 6.83. The van der Waals surface area contributed by atoms with Gasteiger partial charge >= 0.3 is 0 Å². The van der Waals surface area contributed by atoms with Gasteiger partial charge in [-0.1, -0.05) is 29.8 Å². The Bertz CT molecular complexity index is 446. The maximum Gasteiger partial charge on any atom is 0.115 e. The first-order valence-electron chi connectivity index (χ1n) is 4.15. The SMILES string of the molecule is Cc1ccc(-c2n[nH]c(Br)c2Br)cc1. The number of hydrogen-bond donors (Lipinski definition) is 1. The standard InChI is InChI=1S/C10H8Br2N2/c1-6-2-4-7(5-3-6)9-8(11)10(12)14-13-9/h2-5H,1H3,(H,13,14). The monoisotopic (exact) mass is 314 g/mol. The van der Waals surface area contributed by atoms with Gasteiger partial charge in [0, 0.05) is 5.56 Å². The molecule has 0 spiro atoms. The van der Waals surface area contributed by atoms with Crippen molar-refractivity contribution in [2.24, 2.45) is 0 Å². The molecule has 0 aliphatic rings. The van der Waals surface area contributed by atoms with Crippen LogP contribution in [0.25, 0.3) is 11.3 Å². The number of benzene rings is 1. The molecule has 0 unspecified atom stereocenters. The number of hydrogen-bond acceptors (Lipinski definition) is 1. The summed E-state index contributed by atoms with van der Waals surface area (Å²) < 4.78 is 1.83. The van der Waals surface area contributed by atoms with E-state index in [0.29, 0.717) is 0 Å². The van der Waals surface area contributed by atoms with Crippen LogP contribution in [0, 0.1) is 6.92 Å². The van der Waals surface area contributed by atoms with Crippen LogP contribution < -0.4 is 0 Å². The normalized spacial score (nSPS) is 10.5. The first kappa shape index (κ1) is 9.93. The zero-order valence-corrected chi connectivity index (χ0v) is 10.7. The van der Waals surface area contributed by atoms with Gasteiger partial charge in [0.05, 0.1) is 4.47 Å². The molecule has 1 N–H and O–H groups in total. The van der Waals surface area contributed by atoms with E-state index in [2.05, 4.69) is 73.2 Å². The quantitative estimate of drug-likeness (QED) is 0.849. The van der Waals surface area contributed by atoms with Gasteiger partial charge in [0.25, 0.3) is 0 Å². The molecule has 1 aromatic heterocycles. The van der Waals surface area contributed by atoms with E-state index in [1.54, 1.807) is 0 Å². The number of aromatic amines is 1. The molecule has 1 heterocycles. The topological polar surface area (TPSA) is 28.7 Å². The van der Waals surface area contributed by atoms with Crippen LogP contribution in [0.15, 0.2) is 33.3 Å². The Labute approximate surface area is 99.0 Å². The van der Waals surface area contributed by atoms with Crippen molar-refractivity contribution in [1.82, 2.24) is 10.2 Å². The van der Waals surface area contributed by atoms with Crippen LogP contribution >= 0.6 is 31.9 Å². The minimum atomic E-state index is 0.869. The van der Waals surface area contributed by atoms with Crippen LogP contribution in [-0.4, -0.2) is 10.2 Å². The van der Waals surface area contributed by atoms with E-state index in [0.717, 1.165) is 20.3 Å². The third-order valence-electron chi connectivity index (χ3n) is 1.99. The lowest BCUT2D eigenvalue weighted by Crippen LogP contribution is -1.79. The smallest absolute Gasteiger partial charge is 0.115 e. The largest absolute Gasteiger partial charge is 0.270 e. The lowest BCUT2D eigenvalue weighted by molar-refractivity contribution is 1.07. The fourth-order valence-corrected chi connectivity index (χ4v) is 1.89. The average Bonchev–Trinajstić information content (AvgIpc) is 2.50. The predicted octanol–water partition coefficient (Wildman–Crippen LogP) is 3.91. The van der Waals surface area contributed by atoms with E-state index >= 15 is 0 Å². The first-order valence-corrected chi connectivity index (χ1v) is 5.73. The molecule has 2 nitrogen and oxygen atoms in total. The van der Waals surface area contributed by atoms with Crippen LogP contribution in [0.2, 0.25) is 0 Å². The van der Waals surface area contributed by atoms with Crippen molar-refractivity contribution in [2.75, 3.05) is 0 Å². The van der Waals surface area contributed by atoms with Gasteiger partial charge in [-0.3, -0.25) is 5.10 Å². The fourth-order valence-electron chi connectivity index (χ4n) is 1.21. The number of aromatic nitrogens is 2. The van der Waals surface area contributed by atoms with E-state index in [-0.39, 0.29) is 0 Å². The molecule has 0 fully saturated rings. The summed E-state index contributed by atoms with van der Waals surface area (Å²) in [4.78, 5) is 0. The Hall–Kier alpha value is -0.610. The van der Waals surface area contributed by atoms with E-state index in [1.807, 2.05) is 0 Å². The number of H-pyrrole nitrogens is 1. The highest BCUT2D eigenvalue weighted by atomic mass is 79.9. The van der Waals surface area contributed by atoms with Crippen LogP contribution in [0.4, 0.5) is 0 Å². The van der Waals surface area contributed by atoms with Crippen molar-refractivity contribution in [1.29, 1.82) is 0 Å². The molecular formula is C10H8Br2N2. The van der Waals surface area contributed by atoms with Gasteiger partial charge in [0.1, 0.15) is 10.3 Å². The summed E-state index contributed by atoms with van der Waals surface area (Å²) in [6.45, 7) is 2.07.